The van der Waals surface area contributed by atoms with E-state index in [1.165, 1.54) is 104 Å². The lowest BCUT2D eigenvalue weighted by molar-refractivity contribution is -0.152. The fourth-order valence-corrected chi connectivity index (χ4v) is 14.2. The van der Waals surface area contributed by atoms with E-state index in [1.54, 1.807) is 30.8 Å². The first-order valence-electron chi connectivity index (χ1n) is 33.2. The molecule has 9 rings (SSSR count). The van der Waals surface area contributed by atoms with Crippen molar-refractivity contribution in [2.45, 2.75) is 150 Å². The van der Waals surface area contributed by atoms with Crippen LogP contribution in [-0.4, -0.2) is 191 Å². The third kappa shape index (κ3) is 20.0. The van der Waals surface area contributed by atoms with Gasteiger partial charge in [-0.2, -0.15) is 23.5 Å². The molecular formula is C70H86F2N14O12S2. The molecule has 0 saturated carbocycles. The molecule has 100 heavy (non-hydrogen) atoms. The summed E-state index contributed by atoms with van der Waals surface area (Å²) >= 11 is 3.13. The zero-order chi connectivity index (χ0) is 71.6. The molecule has 0 spiro atoms. The number of unbranched alkanes of at least 4 members (excludes halogenated alkanes) is 1. The number of amides is 8. The van der Waals surface area contributed by atoms with Gasteiger partial charge in [0.1, 0.15) is 59.4 Å². The summed E-state index contributed by atoms with van der Waals surface area (Å²) in [6.07, 6.45) is 3.71. The number of nitrogens with zero attached hydrogens (tertiary/aromatic N) is 3. The summed E-state index contributed by atoms with van der Waals surface area (Å²) in [5.74, 6) is -7.01. The predicted molar refractivity (Wildman–Crippen MR) is 374 cm³/mol. The molecule has 1 saturated heterocycles. The number of likely N-dealkylation sites (N-methyl/N-ethyl adjacent to an activating group) is 1. The van der Waals surface area contributed by atoms with Crippen LogP contribution in [0.15, 0.2) is 110 Å². The Labute approximate surface area is 584 Å². The van der Waals surface area contributed by atoms with Gasteiger partial charge in [0, 0.05) is 109 Å². The number of imidazole rings is 1. The maximum atomic E-state index is 15.3. The van der Waals surface area contributed by atoms with E-state index in [0.717, 1.165) is 16.0 Å². The molecule has 534 valence electrons. The van der Waals surface area contributed by atoms with Gasteiger partial charge in [-0.15, -0.1) is 0 Å². The Bertz CT molecular complexity index is 4030. The molecule has 2 aliphatic rings. The highest BCUT2D eigenvalue weighted by molar-refractivity contribution is 7.98. The van der Waals surface area contributed by atoms with Gasteiger partial charge >= 0.3 is 5.97 Å². The minimum Gasteiger partial charge on any atom is -0.508 e. The minimum absolute atomic E-state index is 0.0653. The standard InChI is InChI=1S/C70H86F2N14O12S2/c1-40-62(91)81-55(28-44-34-76-52-17-13-46(71)30-50(44)52)64(93)82-56(29-45-35-77-53-18-14-47(72)31-51(45)53)65(94)83-57(33-61(89)90)66(95)84-58(32-48-36-74-39-78-48)67(96)85(3)59(27-41-11-15-49(87)16-12-41)68(97)86-23-7-20-70(86,2)69(98)75-22-25-100-38-43-9-6-8-42(26-43)37-99-24-19-60(88)80-54(63(92)79-40)10-4-5-21-73/h6,8-9,11-18,26,30-31,34-36,39-40,54-59,62,76-77,81,87,91H,4-5,7,10,19-25,27-29,32-33,37-38,73H2,1-3H3,(H,74,78)(H,75,98)(H,79,92)(H,80,88)(H,82,93)(H,83,94)(H,84,95)(H,89,90)/t40-,54+,55+,56+,57+,58+,59+,62?,70+/m1/s1. The first kappa shape index (κ1) is 74.9. The van der Waals surface area contributed by atoms with E-state index in [1.807, 2.05) is 18.2 Å². The number of carbonyl (C=O) groups is 9. The number of phenolic OH excluding ortho intramolecular Hbond substituents is 1. The van der Waals surface area contributed by atoms with Gasteiger partial charge in [0.05, 0.1) is 30.5 Å². The number of aliphatic hydroxyl groups excluding tert-OH is 1. The molecule has 15 N–H and O–H groups in total. The number of aliphatic carboxylic acids is 1. The van der Waals surface area contributed by atoms with Gasteiger partial charge in [0.15, 0.2) is 0 Å². The fraction of sp³-hybridized carbons (Fsp3) is 0.429. The number of thioether (sulfide) groups is 2. The van der Waals surface area contributed by atoms with Gasteiger partial charge < -0.3 is 77.7 Å². The molecule has 0 radical (unpaired) electrons. The first-order valence-corrected chi connectivity index (χ1v) is 35.5. The summed E-state index contributed by atoms with van der Waals surface area (Å²) < 4.78 is 29.9. The van der Waals surface area contributed by atoms with Crippen molar-refractivity contribution in [3.05, 3.63) is 155 Å². The lowest BCUT2D eigenvalue weighted by atomic mass is 9.95. The molecule has 2 bridgehead atoms. The maximum Gasteiger partial charge on any atom is 0.305 e. The number of carbonyl (C=O) groups excluding carboxylic acids is 8. The van der Waals surface area contributed by atoms with Gasteiger partial charge in [-0.3, -0.25) is 48.5 Å². The average Bonchev–Trinajstić information content (AvgIpc) is 1.60. The molecule has 30 heteroatoms. The summed E-state index contributed by atoms with van der Waals surface area (Å²) in [4.78, 5) is 147. The lowest BCUT2D eigenvalue weighted by Gasteiger charge is -2.39. The molecule has 1 fully saturated rings. The van der Waals surface area contributed by atoms with Crippen LogP contribution in [0.1, 0.15) is 92.3 Å². The van der Waals surface area contributed by atoms with Crippen molar-refractivity contribution in [3.8, 4) is 5.75 Å². The molecule has 7 aromatic rings. The highest BCUT2D eigenvalue weighted by Crippen LogP contribution is 2.32. The van der Waals surface area contributed by atoms with Crippen LogP contribution >= 0.6 is 23.5 Å². The van der Waals surface area contributed by atoms with Crippen LogP contribution in [0, 0.1) is 11.6 Å². The number of nitrogens with one attached hydrogen (secondary N) is 10. The van der Waals surface area contributed by atoms with Gasteiger partial charge in [0.25, 0.3) is 0 Å². The largest absolute Gasteiger partial charge is 0.508 e. The number of fused-ring (bicyclic) bond motifs is 5. The maximum absolute atomic E-state index is 15.3. The molecule has 8 amide bonds. The van der Waals surface area contributed by atoms with Crippen molar-refractivity contribution in [2.75, 3.05) is 38.2 Å². The number of rotatable bonds is 14. The smallest absolute Gasteiger partial charge is 0.305 e. The third-order valence-electron chi connectivity index (χ3n) is 18.1. The van der Waals surface area contributed by atoms with Crippen molar-refractivity contribution in [3.63, 3.8) is 0 Å². The van der Waals surface area contributed by atoms with Crippen molar-refractivity contribution in [1.82, 2.24) is 67.0 Å². The van der Waals surface area contributed by atoms with Crippen LogP contribution in [0.25, 0.3) is 21.8 Å². The number of aromatic amines is 3. The quantitative estimate of drug-likeness (QED) is 0.0688. The molecule has 4 aromatic carbocycles. The van der Waals surface area contributed by atoms with Crippen molar-refractivity contribution in [2.24, 2.45) is 5.73 Å². The number of hydrogen-bond donors (Lipinski definition) is 14. The third-order valence-corrected chi connectivity index (χ3v) is 20.1. The molecule has 3 aromatic heterocycles. The van der Waals surface area contributed by atoms with E-state index in [9.17, 15) is 43.7 Å². The lowest BCUT2D eigenvalue weighted by Crippen LogP contribution is -2.63. The minimum atomic E-state index is -2.00. The fourth-order valence-electron chi connectivity index (χ4n) is 12.5. The van der Waals surface area contributed by atoms with Crippen molar-refractivity contribution < 1.29 is 67.3 Å². The number of H-pyrrole nitrogens is 3. The first-order chi connectivity index (χ1) is 48.0. The second-order valence-electron chi connectivity index (χ2n) is 25.5. The molecule has 2 aliphatic heterocycles. The Hall–Kier alpha value is -9.36. The molecule has 0 aliphatic carbocycles. The summed E-state index contributed by atoms with van der Waals surface area (Å²) in [7, 11) is 1.35. The summed E-state index contributed by atoms with van der Waals surface area (Å²) in [6, 6.07) is 11.3. The SMILES string of the molecule is C[C@H]1NC(=O)[C@H](CCCCN)NC(=O)CCSCc2cccc(c2)CSCCNC(=O)[C@]2(C)CCCN2C(=O)[C@H](Cc2ccc(O)cc2)N(C)C(=O)[C@H](Cc2c[nH]cn2)NC(=O)[C@H](CC(=O)O)NC(=O)[C@H](Cc2c[nH]c3ccc(F)cc23)NC(=O)[C@H](Cc2c[nH]c3ccc(F)cc23)NC1O. The normalized spacial score (nSPS) is 23.8. The van der Waals surface area contributed by atoms with Crippen LogP contribution in [-0.2, 0) is 80.3 Å². The second-order valence-corrected chi connectivity index (χ2v) is 27.7. The highest BCUT2D eigenvalue weighted by Gasteiger charge is 2.49. The topological polar surface area (TPSA) is 391 Å². The Morgan fingerprint density at radius 3 is 1.95 bits per heavy atom. The number of carboxylic acid groups (broad SMARTS) is 1. The predicted octanol–water partition coefficient (Wildman–Crippen LogP) is 3.85. The number of phenols is 1. The number of benzene rings is 4. The van der Waals surface area contributed by atoms with Gasteiger partial charge in [-0.1, -0.05) is 36.4 Å². The summed E-state index contributed by atoms with van der Waals surface area (Å²) in [6.45, 7) is 3.85. The van der Waals surface area contributed by atoms with Crippen LogP contribution in [0.4, 0.5) is 8.78 Å². The number of nitrogens with two attached hydrogens (primary N) is 1. The highest BCUT2D eigenvalue weighted by atomic mass is 32.2. The monoisotopic (exact) mass is 1420 g/mol. The zero-order valence-corrected chi connectivity index (χ0v) is 57.4. The van der Waals surface area contributed by atoms with E-state index < -0.39 is 132 Å². The van der Waals surface area contributed by atoms with E-state index in [2.05, 4.69) is 63.2 Å². The molecular weight excluding hydrogens is 1330 g/mol. The average molecular weight is 1420 g/mol. The molecule has 5 heterocycles. The van der Waals surface area contributed by atoms with Crippen LogP contribution < -0.4 is 43.0 Å². The number of aromatic hydroxyl groups is 1. The number of hydrogen-bond acceptors (Lipinski definition) is 16. The van der Waals surface area contributed by atoms with Crippen LogP contribution in [0.5, 0.6) is 5.75 Å². The summed E-state index contributed by atoms with van der Waals surface area (Å²) in [5, 5.41) is 52.6. The zero-order valence-electron chi connectivity index (χ0n) is 55.7. The van der Waals surface area contributed by atoms with E-state index in [-0.39, 0.29) is 68.6 Å². The number of aliphatic hydroxyl groups is 1. The molecule has 26 nitrogen and oxygen atoms in total. The van der Waals surface area contributed by atoms with Gasteiger partial charge in [-0.05, 0) is 135 Å². The second kappa shape index (κ2) is 35.1. The van der Waals surface area contributed by atoms with E-state index in [4.69, 9.17) is 5.73 Å². The van der Waals surface area contributed by atoms with E-state index >= 15 is 23.6 Å². The number of carboxylic acids is 1. The van der Waals surface area contributed by atoms with Crippen LogP contribution in [0.3, 0.4) is 0 Å². The molecule has 1 unspecified atom stereocenters. The Kier molecular flexibility index (Phi) is 26.3. The van der Waals surface area contributed by atoms with Crippen molar-refractivity contribution in [1.29, 1.82) is 0 Å². The number of aromatic nitrogens is 4. The van der Waals surface area contributed by atoms with Gasteiger partial charge in [-0.25, -0.2) is 13.8 Å². The Morgan fingerprint density at radius 1 is 0.700 bits per heavy atom. The van der Waals surface area contributed by atoms with E-state index in [0.29, 0.717) is 81.8 Å². The number of halogens is 2. The van der Waals surface area contributed by atoms with Crippen LogP contribution in [0.2, 0.25) is 0 Å². The molecule has 9 atom stereocenters. The van der Waals surface area contributed by atoms with Gasteiger partial charge in [0.2, 0.25) is 47.3 Å². The Balaban J connectivity index is 1.06. The van der Waals surface area contributed by atoms with Crippen molar-refractivity contribution >= 4 is 98.6 Å². The summed E-state index contributed by atoms with van der Waals surface area (Å²) in [5.41, 5.74) is 8.83. The Morgan fingerprint density at radius 2 is 1.31 bits per heavy atom.